The molecule has 0 aromatic heterocycles. The Bertz CT molecular complexity index is 953. The molecule has 3 rings (SSSR count). The molecule has 2 aromatic rings. The number of anilines is 1. The summed E-state index contributed by atoms with van der Waals surface area (Å²) in [6.07, 6.45) is 2.85. The maximum absolute atomic E-state index is 13.5. The molecule has 0 radical (unpaired) electrons. The lowest BCUT2D eigenvalue weighted by atomic mass is 9.94. The lowest BCUT2D eigenvalue weighted by molar-refractivity contribution is -0.118. The van der Waals surface area contributed by atoms with Gasteiger partial charge in [0, 0.05) is 11.3 Å². The van der Waals surface area contributed by atoms with Crippen molar-refractivity contribution in [2.75, 3.05) is 26.2 Å². The topological polar surface area (TPSA) is 72.7 Å². The highest BCUT2D eigenvalue weighted by Gasteiger charge is 2.40. The van der Waals surface area contributed by atoms with Gasteiger partial charge in [-0.2, -0.15) is 0 Å². The first-order valence-corrected chi connectivity index (χ1v) is 8.72. The number of hydrogen-bond acceptors (Lipinski definition) is 6. The number of allylic oxidation sites excluding steroid dienone is 1. The van der Waals surface area contributed by atoms with E-state index in [0.717, 1.165) is 0 Å². The Morgan fingerprint density at radius 1 is 0.966 bits per heavy atom. The molecule has 7 nitrogen and oxygen atoms in total. The van der Waals surface area contributed by atoms with Crippen LogP contribution < -0.4 is 9.64 Å². The van der Waals surface area contributed by atoms with Crippen molar-refractivity contribution in [3.63, 3.8) is 0 Å². The molecule has 1 unspecified atom stereocenters. The summed E-state index contributed by atoms with van der Waals surface area (Å²) >= 11 is 0. The highest BCUT2D eigenvalue weighted by molar-refractivity contribution is 6.24. The van der Waals surface area contributed by atoms with Crippen LogP contribution in [-0.4, -0.2) is 39.7 Å². The average molecular weight is 397 g/mol. The second-order valence-corrected chi connectivity index (χ2v) is 6.01. The van der Waals surface area contributed by atoms with Gasteiger partial charge in [0.05, 0.1) is 25.2 Å². The normalized spacial score (nSPS) is 16.9. The minimum atomic E-state index is -0.749. The number of ether oxygens (including phenoxy) is 1. The van der Waals surface area contributed by atoms with Crippen molar-refractivity contribution in [2.24, 2.45) is 16.2 Å². The van der Waals surface area contributed by atoms with Gasteiger partial charge in [0.2, 0.25) is 5.91 Å². The molecular formula is C21H20FN3O4. The standard InChI is InChI=1S/C21H20FN3O4/c1-27-17-10-8-16(9-11-17)25-19(13-24-29-3)20(14-4-6-15(22)7-5-14)18(21(25)26)12-23-28-2/h4-13,18H,1-3H3/b23-12+,24-13+. The zero-order valence-electron chi connectivity index (χ0n) is 16.2. The van der Waals surface area contributed by atoms with Gasteiger partial charge in [0.15, 0.2) is 0 Å². The largest absolute Gasteiger partial charge is 0.497 e. The van der Waals surface area contributed by atoms with Crippen LogP contribution in [-0.2, 0) is 14.5 Å². The van der Waals surface area contributed by atoms with Gasteiger partial charge < -0.3 is 14.4 Å². The molecule has 8 heteroatoms. The fraction of sp³-hybridized carbons (Fsp3) is 0.190. The molecule has 0 fully saturated rings. The number of carbonyl (C=O) groups excluding carboxylic acids is 1. The molecule has 0 bridgehead atoms. The number of benzene rings is 2. The molecule has 2 aromatic carbocycles. The summed E-state index contributed by atoms with van der Waals surface area (Å²) in [5, 5.41) is 7.65. The molecule has 0 aliphatic carbocycles. The first-order chi connectivity index (χ1) is 14.1. The summed E-state index contributed by atoms with van der Waals surface area (Å²) in [5.74, 6) is -0.721. The Balaban J connectivity index is 2.20. The summed E-state index contributed by atoms with van der Waals surface area (Å²) in [6, 6.07) is 12.9. The van der Waals surface area contributed by atoms with Crippen LogP contribution in [0.4, 0.5) is 10.1 Å². The van der Waals surface area contributed by atoms with Gasteiger partial charge in [0.1, 0.15) is 31.7 Å². The molecule has 1 atom stereocenters. The van der Waals surface area contributed by atoms with E-state index in [1.54, 1.807) is 43.5 Å². The highest BCUT2D eigenvalue weighted by atomic mass is 19.1. The van der Waals surface area contributed by atoms with Crippen LogP contribution in [0, 0.1) is 11.7 Å². The Morgan fingerprint density at radius 2 is 1.62 bits per heavy atom. The number of carbonyl (C=O) groups is 1. The summed E-state index contributed by atoms with van der Waals surface area (Å²) in [5.41, 5.74) is 2.36. The quantitative estimate of drug-likeness (QED) is 0.530. The Labute approximate surface area is 167 Å². The van der Waals surface area contributed by atoms with Crippen LogP contribution in [0.5, 0.6) is 5.75 Å². The van der Waals surface area contributed by atoms with E-state index in [1.807, 2.05) is 0 Å². The molecule has 1 amide bonds. The first-order valence-electron chi connectivity index (χ1n) is 8.72. The van der Waals surface area contributed by atoms with Gasteiger partial charge in [-0.3, -0.25) is 9.69 Å². The number of amides is 1. The molecule has 150 valence electrons. The summed E-state index contributed by atoms with van der Waals surface area (Å²) < 4.78 is 18.7. The van der Waals surface area contributed by atoms with E-state index in [9.17, 15) is 9.18 Å². The van der Waals surface area contributed by atoms with Gasteiger partial charge >= 0.3 is 0 Å². The third-order valence-corrected chi connectivity index (χ3v) is 4.40. The van der Waals surface area contributed by atoms with Crippen molar-refractivity contribution in [1.29, 1.82) is 0 Å². The van der Waals surface area contributed by atoms with Crippen molar-refractivity contribution in [1.82, 2.24) is 0 Å². The van der Waals surface area contributed by atoms with Gasteiger partial charge in [-0.1, -0.05) is 22.4 Å². The Kier molecular flexibility index (Phi) is 6.23. The van der Waals surface area contributed by atoms with E-state index < -0.39 is 5.92 Å². The van der Waals surface area contributed by atoms with Crippen LogP contribution in [0.25, 0.3) is 5.57 Å². The average Bonchev–Trinajstić information content (AvgIpc) is 3.02. The smallest absolute Gasteiger partial charge is 0.244 e. The first kappa shape index (κ1) is 20.1. The van der Waals surface area contributed by atoms with E-state index in [0.29, 0.717) is 28.3 Å². The zero-order chi connectivity index (χ0) is 20.8. The molecule has 0 N–H and O–H groups in total. The van der Waals surface area contributed by atoms with Crippen molar-refractivity contribution in [3.05, 3.63) is 65.6 Å². The maximum atomic E-state index is 13.5. The molecule has 0 spiro atoms. The lowest BCUT2D eigenvalue weighted by Crippen LogP contribution is -2.29. The summed E-state index contributed by atoms with van der Waals surface area (Å²) in [4.78, 5) is 24.4. The molecule has 29 heavy (non-hydrogen) atoms. The molecule has 1 heterocycles. The lowest BCUT2D eigenvalue weighted by Gasteiger charge is -2.19. The highest BCUT2D eigenvalue weighted by Crippen LogP contribution is 2.39. The van der Waals surface area contributed by atoms with E-state index in [2.05, 4.69) is 10.3 Å². The number of hydrogen-bond donors (Lipinski definition) is 0. The predicted molar refractivity (Wildman–Crippen MR) is 108 cm³/mol. The number of halogens is 1. The van der Waals surface area contributed by atoms with Crippen LogP contribution in [0.2, 0.25) is 0 Å². The number of methoxy groups -OCH3 is 1. The molecule has 1 aliphatic rings. The second-order valence-electron chi connectivity index (χ2n) is 6.01. The third-order valence-electron chi connectivity index (χ3n) is 4.40. The molecule has 1 aliphatic heterocycles. The van der Waals surface area contributed by atoms with E-state index in [1.165, 1.54) is 43.7 Å². The Hall–Kier alpha value is -3.68. The fourth-order valence-electron chi connectivity index (χ4n) is 3.11. The van der Waals surface area contributed by atoms with Gasteiger partial charge in [-0.05, 0) is 42.0 Å². The van der Waals surface area contributed by atoms with Crippen LogP contribution >= 0.6 is 0 Å². The predicted octanol–water partition coefficient (Wildman–Crippen LogP) is 3.47. The molecule has 0 saturated carbocycles. The second kappa shape index (κ2) is 9.01. The monoisotopic (exact) mass is 397 g/mol. The van der Waals surface area contributed by atoms with E-state index in [4.69, 9.17) is 14.4 Å². The van der Waals surface area contributed by atoms with E-state index >= 15 is 0 Å². The van der Waals surface area contributed by atoms with Gasteiger partial charge in [-0.15, -0.1) is 0 Å². The molecular weight excluding hydrogens is 377 g/mol. The van der Waals surface area contributed by atoms with Gasteiger partial charge in [-0.25, -0.2) is 4.39 Å². The van der Waals surface area contributed by atoms with Crippen LogP contribution in [0.3, 0.4) is 0 Å². The number of oxime groups is 2. The van der Waals surface area contributed by atoms with Crippen molar-refractivity contribution < 1.29 is 23.6 Å². The van der Waals surface area contributed by atoms with Crippen LogP contribution in [0.15, 0.2) is 64.5 Å². The SMILES string of the molecule is CO/N=C/C1=C(c2ccc(F)cc2)C(/C=N/OC)C(=O)N1c1ccc(OC)cc1. The zero-order valence-corrected chi connectivity index (χ0v) is 16.2. The minimum absolute atomic E-state index is 0.257. The van der Waals surface area contributed by atoms with Crippen molar-refractivity contribution in [2.45, 2.75) is 0 Å². The Morgan fingerprint density at radius 3 is 2.21 bits per heavy atom. The summed E-state index contributed by atoms with van der Waals surface area (Å²) in [6.45, 7) is 0. The van der Waals surface area contributed by atoms with E-state index in [-0.39, 0.29) is 11.7 Å². The fourth-order valence-corrected chi connectivity index (χ4v) is 3.11. The maximum Gasteiger partial charge on any atom is 0.244 e. The van der Waals surface area contributed by atoms with Crippen LogP contribution in [0.1, 0.15) is 5.56 Å². The number of nitrogens with zero attached hydrogens (tertiary/aromatic N) is 3. The third kappa shape index (κ3) is 4.11. The summed E-state index contributed by atoms with van der Waals surface area (Å²) in [7, 11) is 4.37. The van der Waals surface area contributed by atoms with Crippen molar-refractivity contribution in [3.8, 4) is 5.75 Å². The minimum Gasteiger partial charge on any atom is -0.497 e. The van der Waals surface area contributed by atoms with Gasteiger partial charge in [0.25, 0.3) is 0 Å². The number of rotatable bonds is 7. The molecule has 0 saturated heterocycles. The van der Waals surface area contributed by atoms with Crippen molar-refractivity contribution >= 4 is 29.6 Å².